The summed E-state index contributed by atoms with van der Waals surface area (Å²) in [6.07, 6.45) is 3.86. The van der Waals surface area contributed by atoms with Crippen molar-refractivity contribution in [2.75, 3.05) is 0 Å². The Morgan fingerprint density at radius 3 is 3.00 bits per heavy atom. The highest BCUT2D eigenvalue weighted by molar-refractivity contribution is 5.77. The van der Waals surface area contributed by atoms with Gasteiger partial charge in [0.15, 0.2) is 12.1 Å². The van der Waals surface area contributed by atoms with Crippen LogP contribution in [0.25, 0.3) is 10.9 Å². The minimum atomic E-state index is -0.187. The van der Waals surface area contributed by atoms with Gasteiger partial charge in [0, 0.05) is 12.4 Å². The van der Waals surface area contributed by atoms with Crippen molar-refractivity contribution in [3.63, 3.8) is 0 Å². The molecule has 3 aromatic rings. The Kier molecular flexibility index (Phi) is 2.68. The molecule has 0 saturated heterocycles. The van der Waals surface area contributed by atoms with Gasteiger partial charge in [0.05, 0.1) is 17.4 Å². The van der Waals surface area contributed by atoms with Crippen molar-refractivity contribution in [1.29, 1.82) is 0 Å². The summed E-state index contributed by atoms with van der Waals surface area (Å²) in [5.41, 5.74) is 0.447. The Morgan fingerprint density at radius 1 is 1.32 bits per heavy atom. The molecule has 0 unspecified atom stereocenters. The molecule has 0 aliphatic carbocycles. The molecule has 6 nitrogen and oxygen atoms in total. The number of rotatable bonds is 3. The lowest BCUT2D eigenvalue weighted by Crippen LogP contribution is -2.15. The van der Waals surface area contributed by atoms with Gasteiger partial charge in [0.1, 0.15) is 5.82 Å². The summed E-state index contributed by atoms with van der Waals surface area (Å²) in [4.78, 5) is 33.6. The van der Waals surface area contributed by atoms with Gasteiger partial charge < -0.3 is 9.55 Å². The van der Waals surface area contributed by atoms with Crippen molar-refractivity contribution < 1.29 is 4.79 Å². The lowest BCUT2D eigenvalue weighted by atomic mass is 10.2. The second-order valence-electron chi connectivity index (χ2n) is 4.06. The minimum absolute atomic E-state index is 0.187. The zero-order valence-corrected chi connectivity index (χ0v) is 9.91. The van der Waals surface area contributed by atoms with Crippen LogP contribution >= 0.6 is 0 Å². The molecule has 1 aromatic carbocycles. The van der Waals surface area contributed by atoms with Crippen LogP contribution in [0.2, 0.25) is 0 Å². The van der Waals surface area contributed by atoms with Gasteiger partial charge in [-0.05, 0) is 12.1 Å². The number of nitrogens with zero attached hydrogens (tertiary/aromatic N) is 3. The highest BCUT2D eigenvalue weighted by Gasteiger charge is 2.06. The molecule has 6 heteroatoms. The van der Waals surface area contributed by atoms with E-state index >= 15 is 0 Å². The summed E-state index contributed by atoms with van der Waals surface area (Å²) in [5, 5.41) is 0.549. The highest BCUT2D eigenvalue weighted by atomic mass is 16.1. The maximum Gasteiger partial charge on any atom is 0.258 e. The normalized spacial score (nSPS) is 10.7. The number of imidazole rings is 1. The van der Waals surface area contributed by atoms with Crippen molar-refractivity contribution in [2.24, 2.45) is 0 Å². The molecule has 3 rings (SSSR count). The number of aromatic nitrogens is 4. The first-order valence-electron chi connectivity index (χ1n) is 5.72. The maximum atomic E-state index is 11.9. The van der Waals surface area contributed by atoms with Crippen LogP contribution in [-0.2, 0) is 6.54 Å². The molecule has 1 N–H and O–H groups in total. The number of nitrogens with one attached hydrogen (secondary N) is 1. The third-order valence-electron chi connectivity index (χ3n) is 2.84. The number of H-pyrrole nitrogens is 1. The predicted octanol–water partition coefficient (Wildman–Crippen LogP) is 0.980. The number of para-hydroxylation sites is 1. The molecular formula is C13H10N4O2. The minimum Gasteiger partial charge on any atom is -0.321 e. The van der Waals surface area contributed by atoms with E-state index in [1.54, 1.807) is 29.0 Å². The fraction of sp³-hybridized carbons (Fsp3) is 0.0769. The van der Waals surface area contributed by atoms with E-state index in [1.807, 2.05) is 6.07 Å². The average Bonchev–Trinajstić information content (AvgIpc) is 2.86. The number of fused-ring (bicyclic) bond motifs is 1. The summed E-state index contributed by atoms with van der Waals surface area (Å²) in [7, 11) is 0. The summed E-state index contributed by atoms with van der Waals surface area (Å²) in [6.45, 7) is 0.300. The van der Waals surface area contributed by atoms with Crippen molar-refractivity contribution in [2.45, 2.75) is 6.54 Å². The third-order valence-corrected chi connectivity index (χ3v) is 2.84. The van der Waals surface area contributed by atoms with Crippen LogP contribution in [-0.4, -0.2) is 25.8 Å². The topological polar surface area (TPSA) is 80.6 Å². The summed E-state index contributed by atoms with van der Waals surface area (Å²) < 4.78 is 1.63. The predicted molar refractivity (Wildman–Crippen MR) is 69.1 cm³/mol. The third kappa shape index (κ3) is 2.03. The molecule has 0 saturated carbocycles. The van der Waals surface area contributed by atoms with Crippen molar-refractivity contribution in [3.8, 4) is 0 Å². The van der Waals surface area contributed by atoms with E-state index in [9.17, 15) is 9.59 Å². The number of benzene rings is 1. The lowest BCUT2D eigenvalue weighted by Gasteiger charge is -2.05. The van der Waals surface area contributed by atoms with Gasteiger partial charge in [-0.15, -0.1) is 0 Å². The smallest absolute Gasteiger partial charge is 0.258 e. The molecule has 0 amide bonds. The molecule has 19 heavy (non-hydrogen) atoms. The van der Waals surface area contributed by atoms with Gasteiger partial charge >= 0.3 is 0 Å². The highest BCUT2D eigenvalue weighted by Crippen LogP contribution is 2.07. The SMILES string of the molecule is O=Cc1nccn1Cc1nc2ccccc2c(=O)[nH]1. The van der Waals surface area contributed by atoms with Crippen LogP contribution in [0.3, 0.4) is 0 Å². The van der Waals surface area contributed by atoms with E-state index < -0.39 is 0 Å². The molecule has 0 radical (unpaired) electrons. The molecule has 0 aliphatic heterocycles. The second-order valence-corrected chi connectivity index (χ2v) is 4.06. The molecule has 2 aromatic heterocycles. The fourth-order valence-electron chi connectivity index (χ4n) is 1.94. The zero-order valence-electron chi connectivity index (χ0n) is 9.91. The van der Waals surface area contributed by atoms with Crippen molar-refractivity contribution in [1.82, 2.24) is 19.5 Å². The van der Waals surface area contributed by atoms with E-state index in [4.69, 9.17) is 0 Å². The average molecular weight is 254 g/mol. The van der Waals surface area contributed by atoms with E-state index in [0.717, 1.165) is 0 Å². The van der Waals surface area contributed by atoms with Crippen LogP contribution in [0.15, 0.2) is 41.5 Å². The quantitative estimate of drug-likeness (QED) is 0.706. The molecule has 0 fully saturated rings. The van der Waals surface area contributed by atoms with Crippen molar-refractivity contribution >= 4 is 17.2 Å². The van der Waals surface area contributed by atoms with Gasteiger partial charge in [-0.1, -0.05) is 12.1 Å². The van der Waals surface area contributed by atoms with Gasteiger partial charge in [-0.2, -0.15) is 0 Å². The fourth-order valence-corrected chi connectivity index (χ4v) is 1.94. The van der Waals surface area contributed by atoms with Gasteiger partial charge in [0.25, 0.3) is 5.56 Å². The first-order chi connectivity index (χ1) is 9.28. The molecule has 0 atom stereocenters. The Hall–Kier alpha value is -2.76. The first-order valence-corrected chi connectivity index (χ1v) is 5.72. The van der Waals surface area contributed by atoms with E-state index in [2.05, 4.69) is 15.0 Å². The Bertz CT molecular complexity index is 804. The number of carbonyl (C=O) groups is 1. The number of hydrogen-bond acceptors (Lipinski definition) is 4. The first kappa shape index (κ1) is 11.3. The molecule has 2 heterocycles. The molecule has 0 aliphatic rings. The number of aromatic amines is 1. The molecule has 0 bridgehead atoms. The van der Waals surface area contributed by atoms with Crippen LogP contribution in [0.5, 0.6) is 0 Å². The van der Waals surface area contributed by atoms with E-state index in [-0.39, 0.29) is 5.56 Å². The Balaban J connectivity index is 2.07. The monoisotopic (exact) mass is 254 g/mol. The van der Waals surface area contributed by atoms with E-state index in [1.165, 1.54) is 6.20 Å². The molecule has 0 spiro atoms. The molecular weight excluding hydrogens is 244 g/mol. The molecule has 94 valence electrons. The summed E-state index contributed by atoms with van der Waals surface area (Å²) in [5.74, 6) is 0.792. The summed E-state index contributed by atoms with van der Waals surface area (Å²) >= 11 is 0. The Labute approximate surface area is 107 Å². The standard InChI is InChI=1S/C13H10N4O2/c18-8-12-14-5-6-17(12)7-11-15-10-4-2-1-3-9(10)13(19)16-11/h1-6,8H,7H2,(H,15,16,19). The second kappa shape index (κ2) is 4.49. The van der Waals surface area contributed by atoms with E-state index in [0.29, 0.717) is 35.4 Å². The number of hydrogen-bond donors (Lipinski definition) is 1. The lowest BCUT2D eigenvalue weighted by molar-refractivity contribution is 0.111. The van der Waals surface area contributed by atoms with Crippen LogP contribution in [0, 0.1) is 0 Å². The van der Waals surface area contributed by atoms with Crippen molar-refractivity contribution in [3.05, 3.63) is 58.7 Å². The number of carbonyl (C=O) groups excluding carboxylic acids is 1. The maximum absolute atomic E-state index is 11.9. The summed E-state index contributed by atoms with van der Waals surface area (Å²) in [6, 6.07) is 7.12. The van der Waals surface area contributed by atoms with Crippen LogP contribution < -0.4 is 5.56 Å². The largest absolute Gasteiger partial charge is 0.321 e. The number of aldehydes is 1. The Morgan fingerprint density at radius 2 is 2.16 bits per heavy atom. The van der Waals surface area contributed by atoms with Gasteiger partial charge in [0.2, 0.25) is 0 Å². The van der Waals surface area contributed by atoms with Gasteiger partial charge in [-0.25, -0.2) is 9.97 Å². The zero-order chi connectivity index (χ0) is 13.2. The van der Waals surface area contributed by atoms with Crippen LogP contribution in [0.4, 0.5) is 0 Å². The van der Waals surface area contributed by atoms with Crippen LogP contribution in [0.1, 0.15) is 16.4 Å². The van der Waals surface area contributed by atoms with Gasteiger partial charge in [-0.3, -0.25) is 9.59 Å².